The molecule has 10 heteroatoms. The summed E-state index contributed by atoms with van der Waals surface area (Å²) in [6, 6.07) is 10.5. The smallest absolute Gasteiger partial charge is 0.318 e. The SMILES string of the molecule is CC[C@@H](Cc1cc(Cl)ccc1C1CCN(C(=O)[C@@H](Cc2ccc(Cl)cc2Cl)NC(=O)N2CCCC2)CC1)CN(C)CCF. The third kappa shape index (κ3) is 9.46. The number of nitrogens with zero attached hydrogens (tertiary/aromatic N) is 3. The second-order valence-corrected chi connectivity index (χ2v) is 13.3. The number of hydrogen-bond donors (Lipinski definition) is 1. The summed E-state index contributed by atoms with van der Waals surface area (Å²) < 4.78 is 12.9. The molecule has 2 fully saturated rings. The van der Waals surface area contributed by atoms with E-state index in [9.17, 15) is 14.0 Å². The number of alkyl halides is 1. The van der Waals surface area contributed by atoms with Crippen molar-refractivity contribution in [2.24, 2.45) is 5.92 Å². The molecule has 43 heavy (non-hydrogen) atoms. The first-order chi connectivity index (χ1) is 20.7. The van der Waals surface area contributed by atoms with Gasteiger partial charge in [0.25, 0.3) is 0 Å². The van der Waals surface area contributed by atoms with E-state index >= 15 is 0 Å². The normalized spacial score (nSPS) is 17.4. The molecule has 2 aliphatic heterocycles. The zero-order valence-electron chi connectivity index (χ0n) is 25.3. The minimum Gasteiger partial charge on any atom is -0.341 e. The molecular weight excluding hydrogens is 610 g/mol. The summed E-state index contributed by atoms with van der Waals surface area (Å²) in [6.45, 7) is 5.72. The van der Waals surface area contributed by atoms with Crippen molar-refractivity contribution in [2.75, 3.05) is 53.0 Å². The fourth-order valence-electron chi connectivity index (χ4n) is 6.37. The molecule has 2 atom stereocenters. The highest BCUT2D eigenvalue weighted by Gasteiger charge is 2.32. The van der Waals surface area contributed by atoms with Gasteiger partial charge in [-0.3, -0.25) is 4.79 Å². The molecule has 236 valence electrons. The Bertz CT molecular complexity index is 1230. The lowest BCUT2D eigenvalue weighted by Crippen LogP contribution is -2.54. The van der Waals surface area contributed by atoms with E-state index in [1.165, 1.54) is 11.1 Å². The fraction of sp³-hybridized carbons (Fsp3) is 0.576. The van der Waals surface area contributed by atoms with Gasteiger partial charge in [-0.15, -0.1) is 0 Å². The molecule has 2 aromatic rings. The minimum absolute atomic E-state index is 0.0877. The van der Waals surface area contributed by atoms with Crippen LogP contribution in [0.1, 0.15) is 61.6 Å². The number of carbonyl (C=O) groups excluding carboxylic acids is 2. The summed E-state index contributed by atoms with van der Waals surface area (Å²) in [7, 11) is 1.97. The molecule has 0 aromatic heterocycles. The van der Waals surface area contributed by atoms with Crippen LogP contribution in [0.2, 0.25) is 15.1 Å². The highest BCUT2D eigenvalue weighted by molar-refractivity contribution is 6.35. The number of benzene rings is 2. The van der Waals surface area contributed by atoms with Crippen molar-refractivity contribution in [3.63, 3.8) is 0 Å². The summed E-state index contributed by atoms with van der Waals surface area (Å²) in [4.78, 5) is 32.7. The Balaban J connectivity index is 1.45. The van der Waals surface area contributed by atoms with Gasteiger partial charge in [0.2, 0.25) is 5.91 Å². The summed E-state index contributed by atoms with van der Waals surface area (Å²) in [5.41, 5.74) is 3.30. The predicted molar refractivity (Wildman–Crippen MR) is 174 cm³/mol. The van der Waals surface area contributed by atoms with Gasteiger partial charge in [-0.1, -0.05) is 60.3 Å². The van der Waals surface area contributed by atoms with Gasteiger partial charge in [0.15, 0.2) is 0 Å². The van der Waals surface area contributed by atoms with Crippen LogP contribution in [0.25, 0.3) is 0 Å². The third-order valence-electron chi connectivity index (χ3n) is 8.90. The van der Waals surface area contributed by atoms with E-state index in [-0.39, 0.29) is 18.6 Å². The van der Waals surface area contributed by atoms with Crippen LogP contribution in [0.5, 0.6) is 0 Å². The lowest BCUT2D eigenvalue weighted by molar-refractivity contribution is -0.134. The molecule has 6 nitrogen and oxygen atoms in total. The van der Waals surface area contributed by atoms with Gasteiger partial charge in [0.1, 0.15) is 12.7 Å². The molecule has 0 bridgehead atoms. The van der Waals surface area contributed by atoms with E-state index < -0.39 is 6.04 Å². The highest BCUT2D eigenvalue weighted by atomic mass is 35.5. The van der Waals surface area contributed by atoms with Crippen LogP contribution in [-0.4, -0.2) is 85.7 Å². The van der Waals surface area contributed by atoms with Crippen LogP contribution in [-0.2, 0) is 17.6 Å². The number of nitrogens with one attached hydrogen (secondary N) is 1. The lowest BCUT2D eigenvalue weighted by atomic mass is 9.83. The van der Waals surface area contributed by atoms with Crippen molar-refractivity contribution >= 4 is 46.7 Å². The predicted octanol–water partition coefficient (Wildman–Crippen LogP) is 7.24. The topological polar surface area (TPSA) is 55.9 Å². The largest absolute Gasteiger partial charge is 0.341 e. The minimum atomic E-state index is -0.721. The van der Waals surface area contributed by atoms with Crippen LogP contribution in [0.4, 0.5) is 9.18 Å². The van der Waals surface area contributed by atoms with Crippen LogP contribution >= 0.6 is 34.8 Å². The van der Waals surface area contributed by atoms with Gasteiger partial charge in [0, 0.05) is 60.8 Å². The molecule has 0 aliphatic carbocycles. The van der Waals surface area contributed by atoms with E-state index in [0.717, 1.165) is 55.7 Å². The molecular formula is C33H44Cl3FN4O2. The maximum atomic E-state index is 13.9. The number of hydrogen-bond acceptors (Lipinski definition) is 3. The van der Waals surface area contributed by atoms with Crippen molar-refractivity contribution in [1.82, 2.24) is 20.0 Å². The number of carbonyl (C=O) groups is 2. The van der Waals surface area contributed by atoms with Crippen LogP contribution in [0.3, 0.4) is 0 Å². The monoisotopic (exact) mass is 652 g/mol. The first kappa shape index (κ1) is 33.8. The first-order valence-electron chi connectivity index (χ1n) is 15.5. The van der Waals surface area contributed by atoms with Crippen molar-refractivity contribution in [3.8, 4) is 0 Å². The number of urea groups is 1. The maximum absolute atomic E-state index is 13.9. The molecule has 3 amide bonds. The van der Waals surface area contributed by atoms with Gasteiger partial charge in [0.05, 0.1) is 0 Å². The number of amides is 3. The Morgan fingerprint density at radius 1 is 0.953 bits per heavy atom. The first-order valence-corrected chi connectivity index (χ1v) is 16.6. The molecule has 2 heterocycles. The molecule has 2 aliphatic rings. The summed E-state index contributed by atoms with van der Waals surface area (Å²) in [5.74, 6) is 0.617. The highest BCUT2D eigenvalue weighted by Crippen LogP contribution is 2.34. The van der Waals surface area contributed by atoms with Gasteiger partial charge >= 0.3 is 6.03 Å². The quantitative estimate of drug-likeness (QED) is 0.263. The average Bonchev–Trinajstić information content (AvgIpc) is 3.53. The molecule has 0 saturated carbocycles. The second kappa shape index (κ2) is 16.3. The number of halogens is 4. The second-order valence-electron chi connectivity index (χ2n) is 12.0. The van der Waals surface area contributed by atoms with Gasteiger partial charge in [-0.2, -0.15) is 0 Å². The standard InChI is InChI=1S/C33H44Cl3FN4O2/c1-3-23(22-39(2)17-12-37)18-26-19-27(34)8-9-29(26)24-10-15-40(16-11-24)32(42)31(38-33(43)41-13-4-5-14-41)20-25-6-7-28(35)21-30(25)36/h6-9,19,21,23-24,31H,3-5,10-18,20,22H2,1-2H3,(H,38,43)/t23-,31+/m0/s1. The zero-order chi connectivity index (χ0) is 30.9. The van der Waals surface area contributed by atoms with Crippen molar-refractivity contribution in [3.05, 3.63) is 68.2 Å². The van der Waals surface area contributed by atoms with E-state index in [1.54, 1.807) is 17.0 Å². The Morgan fingerprint density at radius 3 is 2.28 bits per heavy atom. The molecule has 4 rings (SSSR count). The van der Waals surface area contributed by atoms with Gasteiger partial charge in [-0.25, -0.2) is 9.18 Å². The maximum Gasteiger partial charge on any atom is 0.318 e. The Morgan fingerprint density at radius 2 is 1.63 bits per heavy atom. The summed E-state index contributed by atoms with van der Waals surface area (Å²) in [6.07, 6.45) is 5.78. The Hall–Kier alpha value is -2.06. The van der Waals surface area contributed by atoms with Crippen molar-refractivity contribution in [2.45, 2.75) is 63.8 Å². The molecule has 0 unspecified atom stereocenters. The number of piperidine rings is 1. The molecule has 1 N–H and O–H groups in total. The van der Waals surface area contributed by atoms with Crippen molar-refractivity contribution < 1.29 is 14.0 Å². The van der Waals surface area contributed by atoms with Gasteiger partial charge in [-0.05, 0) is 91.9 Å². The van der Waals surface area contributed by atoms with E-state index in [2.05, 4.69) is 29.3 Å². The zero-order valence-corrected chi connectivity index (χ0v) is 27.5. The molecule has 0 spiro atoms. The van der Waals surface area contributed by atoms with Gasteiger partial charge < -0.3 is 20.0 Å². The Labute approximate surface area is 270 Å². The van der Waals surface area contributed by atoms with Crippen molar-refractivity contribution in [1.29, 1.82) is 0 Å². The third-order valence-corrected chi connectivity index (χ3v) is 9.72. The average molecular weight is 654 g/mol. The van der Waals surface area contributed by atoms with E-state index in [0.29, 0.717) is 61.0 Å². The molecule has 2 saturated heterocycles. The summed E-state index contributed by atoms with van der Waals surface area (Å²) in [5, 5.41) is 4.75. The number of likely N-dealkylation sites (tertiary alicyclic amines) is 2. The molecule has 0 radical (unpaired) electrons. The lowest BCUT2D eigenvalue weighted by Gasteiger charge is -2.36. The van der Waals surface area contributed by atoms with Crippen LogP contribution < -0.4 is 5.32 Å². The summed E-state index contributed by atoms with van der Waals surface area (Å²) >= 11 is 19.0. The Kier molecular flexibility index (Phi) is 12.8. The fourth-order valence-corrected chi connectivity index (χ4v) is 7.05. The van der Waals surface area contributed by atoms with Crippen LogP contribution in [0.15, 0.2) is 36.4 Å². The molecule has 2 aromatic carbocycles. The van der Waals surface area contributed by atoms with E-state index in [1.807, 2.05) is 24.1 Å². The number of rotatable bonds is 12. The van der Waals surface area contributed by atoms with E-state index in [4.69, 9.17) is 34.8 Å². The van der Waals surface area contributed by atoms with Crippen LogP contribution in [0, 0.1) is 5.92 Å².